The number of likely N-dealkylation sites (tertiary alicyclic amines) is 1. The average Bonchev–Trinajstić information content (AvgIpc) is 3.08. The maximum Gasteiger partial charge on any atom is 0.295 e. The fourth-order valence-electron chi connectivity index (χ4n) is 4.12. The first-order valence-electron chi connectivity index (χ1n) is 12.0. The Bertz CT molecular complexity index is 1070. The van der Waals surface area contributed by atoms with E-state index in [1.807, 2.05) is 26.0 Å². The molecule has 1 fully saturated rings. The number of Topliss-reactive ketones (excluding diaryl/α,β-unsaturated/α-hetero) is 1. The van der Waals surface area contributed by atoms with E-state index in [2.05, 4.69) is 13.8 Å². The fourth-order valence-corrected chi connectivity index (χ4v) is 4.12. The van der Waals surface area contributed by atoms with Crippen LogP contribution >= 0.6 is 0 Å². The Balaban J connectivity index is 2.04. The molecule has 2 aromatic carbocycles. The van der Waals surface area contributed by atoms with E-state index in [-0.39, 0.29) is 11.3 Å². The predicted molar refractivity (Wildman–Crippen MR) is 135 cm³/mol. The first kappa shape index (κ1) is 26.3. The molecular formula is C28H35NO6. The highest BCUT2D eigenvalue weighted by Crippen LogP contribution is 2.40. The van der Waals surface area contributed by atoms with Crippen LogP contribution in [0.2, 0.25) is 0 Å². The molecule has 188 valence electrons. The number of aliphatic hydroxyl groups is 1. The molecule has 1 aliphatic rings. The van der Waals surface area contributed by atoms with E-state index in [0.717, 1.165) is 16.9 Å². The van der Waals surface area contributed by atoms with Gasteiger partial charge in [-0.15, -0.1) is 0 Å². The number of rotatable bonds is 11. The number of nitrogens with zero attached hydrogens (tertiary/aromatic N) is 1. The second kappa shape index (κ2) is 11.9. The van der Waals surface area contributed by atoms with Crippen LogP contribution in [0.25, 0.3) is 5.76 Å². The Morgan fingerprint density at radius 2 is 1.80 bits per heavy atom. The van der Waals surface area contributed by atoms with Gasteiger partial charge in [0, 0.05) is 25.8 Å². The number of aliphatic hydroxyl groups excluding tert-OH is 1. The van der Waals surface area contributed by atoms with E-state index in [1.165, 1.54) is 4.90 Å². The lowest BCUT2D eigenvalue weighted by Gasteiger charge is -2.25. The van der Waals surface area contributed by atoms with E-state index in [1.54, 1.807) is 37.4 Å². The lowest BCUT2D eigenvalue weighted by molar-refractivity contribution is -0.140. The average molecular weight is 482 g/mol. The monoisotopic (exact) mass is 481 g/mol. The normalized spacial score (nSPS) is 17.3. The minimum Gasteiger partial charge on any atom is -0.507 e. The van der Waals surface area contributed by atoms with Crippen LogP contribution in [0.4, 0.5) is 0 Å². The molecule has 2 aromatic rings. The Kier molecular flexibility index (Phi) is 8.93. The SMILES string of the molecule is CCOc1ccc(C2C(=C(O)c3ccc(OCC(C)C)c(C)c3)C(=O)C(=O)N2CCCOC)cc1. The molecular weight excluding hydrogens is 446 g/mol. The molecule has 1 unspecified atom stereocenters. The number of hydrogen-bond acceptors (Lipinski definition) is 6. The zero-order valence-corrected chi connectivity index (χ0v) is 21.2. The molecule has 7 heteroatoms. The van der Waals surface area contributed by atoms with Gasteiger partial charge >= 0.3 is 0 Å². The van der Waals surface area contributed by atoms with Crippen molar-refractivity contribution in [3.05, 3.63) is 64.7 Å². The Labute approximate surface area is 207 Å². The molecule has 35 heavy (non-hydrogen) atoms. The van der Waals surface area contributed by atoms with Crippen LogP contribution in [0, 0.1) is 12.8 Å². The van der Waals surface area contributed by atoms with E-state index in [4.69, 9.17) is 14.2 Å². The topological polar surface area (TPSA) is 85.3 Å². The predicted octanol–water partition coefficient (Wildman–Crippen LogP) is 4.89. The van der Waals surface area contributed by atoms with E-state index in [0.29, 0.717) is 50.0 Å². The van der Waals surface area contributed by atoms with Crippen LogP contribution in [0.3, 0.4) is 0 Å². The number of benzene rings is 2. The van der Waals surface area contributed by atoms with Crippen LogP contribution in [0.15, 0.2) is 48.0 Å². The Morgan fingerprint density at radius 3 is 2.40 bits per heavy atom. The van der Waals surface area contributed by atoms with Crippen molar-refractivity contribution in [1.29, 1.82) is 0 Å². The molecule has 1 heterocycles. The molecule has 7 nitrogen and oxygen atoms in total. The molecule has 0 aliphatic carbocycles. The maximum atomic E-state index is 13.2. The molecule has 0 radical (unpaired) electrons. The minimum absolute atomic E-state index is 0.0758. The summed E-state index contributed by atoms with van der Waals surface area (Å²) in [5, 5.41) is 11.3. The first-order chi connectivity index (χ1) is 16.8. The van der Waals surface area contributed by atoms with Gasteiger partial charge < -0.3 is 24.2 Å². The van der Waals surface area contributed by atoms with Gasteiger partial charge in [0.1, 0.15) is 17.3 Å². The van der Waals surface area contributed by atoms with Crippen molar-refractivity contribution < 1.29 is 28.9 Å². The number of aryl methyl sites for hydroxylation is 1. The number of amides is 1. The lowest BCUT2D eigenvalue weighted by atomic mass is 9.94. The van der Waals surface area contributed by atoms with Crippen molar-refractivity contribution in [1.82, 2.24) is 4.90 Å². The second-order valence-corrected chi connectivity index (χ2v) is 9.03. The summed E-state index contributed by atoms with van der Waals surface area (Å²) < 4.78 is 16.5. The number of hydrogen-bond donors (Lipinski definition) is 1. The summed E-state index contributed by atoms with van der Waals surface area (Å²) in [6, 6.07) is 11.8. The van der Waals surface area contributed by atoms with Crippen LogP contribution in [0.5, 0.6) is 11.5 Å². The molecule has 0 aromatic heterocycles. The second-order valence-electron chi connectivity index (χ2n) is 9.03. The summed E-state index contributed by atoms with van der Waals surface area (Å²) in [5.74, 6) is 0.269. The van der Waals surface area contributed by atoms with Crippen molar-refractivity contribution >= 4 is 17.4 Å². The van der Waals surface area contributed by atoms with Crippen molar-refractivity contribution in [2.24, 2.45) is 5.92 Å². The van der Waals surface area contributed by atoms with Gasteiger partial charge in [0.05, 0.1) is 24.8 Å². The first-order valence-corrected chi connectivity index (χ1v) is 12.0. The van der Waals surface area contributed by atoms with Gasteiger partial charge in [-0.1, -0.05) is 26.0 Å². The molecule has 1 atom stereocenters. The molecule has 0 saturated carbocycles. The number of carbonyl (C=O) groups is 2. The van der Waals surface area contributed by atoms with Crippen LogP contribution in [0.1, 0.15) is 49.9 Å². The third-order valence-corrected chi connectivity index (χ3v) is 5.81. The Morgan fingerprint density at radius 1 is 1.09 bits per heavy atom. The quantitative estimate of drug-likeness (QED) is 0.213. The molecule has 0 bridgehead atoms. The Hall–Kier alpha value is -3.32. The summed E-state index contributed by atoms with van der Waals surface area (Å²) in [4.78, 5) is 27.7. The number of ether oxygens (including phenoxy) is 3. The fraction of sp³-hybridized carbons (Fsp3) is 0.429. The van der Waals surface area contributed by atoms with Crippen molar-refractivity contribution in [3.63, 3.8) is 0 Å². The van der Waals surface area contributed by atoms with Gasteiger partial charge in [-0.3, -0.25) is 9.59 Å². The van der Waals surface area contributed by atoms with Gasteiger partial charge in [-0.25, -0.2) is 0 Å². The zero-order chi connectivity index (χ0) is 25.5. The summed E-state index contributed by atoms with van der Waals surface area (Å²) >= 11 is 0. The molecule has 1 N–H and O–H groups in total. The molecule has 1 aliphatic heterocycles. The molecule has 1 saturated heterocycles. The number of methoxy groups -OCH3 is 1. The van der Waals surface area contributed by atoms with Crippen LogP contribution < -0.4 is 9.47 Å². The highest BCUT2D eigenvalue weighted by Gasteiger charge is 2.45. The maximum absolute atomic E-state index is 13.2. The van der Waals surface area contributed by atoms with Gasteiger partial charge in [-0.2, -0.15) is 0 Å². The van der Waals surface area contributed by atoms with E-state index in [9.17, 15) is 14.7 Å². The summed E-state index contributed by atoms with van der Waals surface area (Å²) in [7, 11) is 1.59. The van der Waals surface area contributed by atoms with Gasteiger partial charge in [0.25, 0.3) is 11.7 Å². The third-order valence-electron chi connectivity index (χ3n) is 5.81. The largest absolute Gasteiger partial charge is 0.507 e. The lowest BCUT2D eigenvalue weighted by Crippen LogP contribution is -2.31. The van der Waals surface area contributed by atoms with Crippen molar-refractivity contribution in [2.75, 3.05) is 33.5 Å². The third kappa shape index (κ3) is 6.03. The standard InChI is InChI=1S/C28H35NO6/c1-6-34-22-11-8-20(9-12-22)25-24(27(31)28(32)29(25)14-7-15-33-5)26(30)21-10-13-23(19(4)16-21)35-17-18(2)3/h8-13,16,18,25,30H,6-7,14-15,17H2,1-5H3. The minimum atomic E-state index is -0.709. The zero-order valence-electron chi connectivity index (χ0n) is 21.2. The number of carbonyl (C=O) groups excluding carboxylic acids is 2. The highest BCUT2D eigenvalue weighted by molar-refractivity contribution is 6.46. The summed E-state index contributed by atoms with van der Waals surface area (Å²) in [6.07, 6.45) is 0.568. The van der Waals surface area contributed by atoms with Crippen LogP contribution in [-0.2, 0) is 14.3 Å². The van der Waals surface area contributed by atoms with E-state index >= 15 is 0 Å². The number of ketones is 1. The molecule has 3 rings (SSSR count). The highest BCUT2D eigenvalue weighted by atomic mass is 16.5. The van der Waals surface area contributed by atoms with Crippen LogP contribution in [-0.4, -0.2) is 55.2 Å². The smallest absolute Gasteiger partial charge is 0.295 e. The molecule has 1 amide bonds. The molecule has 0 spiro atoms. The van der Waals surface area contributed by atoms with E-state index < -0.39 is 17.7 Å². The summed E-state index contributed by atoms with van der Waals surface area (Å²) in [5.41, 5.74) is 2.10. The van der Waals surface area contributed by atoms with Gasteiger partial charge in [0.15, 0.2) is 0 Å². The summed E-state index contributed by atoms with van der Waals surface area (Å²) in [6.45, 7) is 9.83. The van der Waals surface area contributed by atoms with Crippen molar-refractivity contribution in [3.8, 4) is 11.5 Å². The van der Waals surface area contributed by atoms with Gasteiger partial charge in [-0.05, 0) is 67.6 Å². The van der Waals surface area contributed by atoms with Gasteiger partial charge in [0.2, 0.25) is 0 Å². The van der Waals surface area contributed by atoms with Crippen molar-refractivity contribution in [2.45, 2.75) is 40.2 Å².